The maximum absolute atomic E-state index is 12.2. The Morgan fingerprint density at radius 2 is 2.19 bits per heavy atom. The quantitative estimate of drug-likeness (QED) is 0.809. The highest BCUT2D eigenvalue weighted by molar-refractivity contribution is 5.76. The molecule has 0 saturated carbocycles. The Morgan fingerprint density at radius 1 is 1.38 bits per heavy atom. The molecule has 1 aliphatic heterocycles. The number of benzene rings is 1. The minimum atomic E-state index is 0.162. The highest BCUT2D eigenvalue weighted by atomic mass is 16.5. The highest BCUT2D eigenvalue weighted by Gasteiger charge is 2.18. The van der Waals surface area contributed by atoms with Gasteiger partial charge in [-0.25, -0.2) is 0 Å². The second-order valence-corrected chi connectivity index (χ2v) is 5.57. The van der Waals surface area contributed by atoms with Crippen LogP contribution in [0, 0.1) is 0 Å². The van der Waals surface area contributed by atoms with Crippen LogP contribution in [0.4, 0.5) is 0 Å². The van der Waals surface area contributed by atoms with Gasteiger partial charge in [0.05, 0.1) is 13.2 Å². The van der Waals surface area contributed by atoms with Crippen LogP contribution in [0.2, 0.25) is 0 Å². The molecule has 1 amide bonds. The van der Waals surface area contributed by atoms with Gasteiger partial charge in [-0.3, -0.25) is 4.79 Å². The molecule has 1 aromatic carbocycles. The minimum absolute atomic E-state index is 0.162. The molecule has 4 nitrogen and oxygen atoms in total. The van der Waals surface area contributed by atoms with E-state index < -0.39 is 0 Å². The maximum Gasteiger partial charge on any atom is 0.222 e. The van der Waals surface area contributed by atoms with E-state index in [1.807, 2.05) is 31.3 Å². The van der Waals surface area contributed by atoms with Crippen molar-refractivity contribution in [3.63, 3.8) is 0 Å². The summed E-state index contributed by atoms with van der Waals surface area (Å²) in [5.41, 5.74) is 1.08. The summed E-state index contributed by atoms with van der Waals surface area (Å²) in [4.78, 5) is 14.0. The largest absolute Gasteiger partial charge is 0.496 e. The number of nitrogens with zero attached hydrogens (tertiary/aromatic N) is 1. The van der Waals surface area contributed by atoms with Crippen molar-refractivity contribution in [3.8, 4) is 5.75 Å². The van der Waals surface area contributed by atoms with Crippen LogP contribution in [-0.4, -0.2) is 44.2 Å². The van der Waals surface area contributed by atoms with Gasteiger partial charge in [0.2, 0.25) is 5.91 Å². The molecule has 116 valence electrons. The molecule has 1 atom stereocenters. The van der Waals surface area contributed by atoms with Gasteiger partial charge in [0.25, 0.3) is 0 Å². The molecular formula is C17H25NO3. The number of amides is 1. The molecule has 21 heavy (non-hydrogen) atoms. The Kier molecular flexibility index (Phi) is 6.05. The van der Waals surface area contributed by atoms with Crippen LogP contribution in [-0.2, 0) is 16.0 Å². The van der Waals surface area contributed by atoms with Crippen LogP contribution in [0.3, 0.4) is 0 Å². The Balaban J connectivity index is 1.80. The molecule has 1 saturated heterocycles. The van der Waals surface area contributed by atoms with E-state index >= 15 is 0 Å². The molecule has 2 rings (SSSR count). The van der Waals surface area contributed by atoms with Crippen LogP contribution >= 0.6 is 0 Å². The fourth-order valence-electron chi connectivity index (χ4n) is 2.70. The second-order valence-electron chi connectivity index (χ2n) is 5.57. The molecule has 0 aliphatic carbocycles. The van der Waals surface area contributed by atoms with E-state index in [1.54, 1.807) is 12.0 Å². The lowest BCUT2D eigenvalue weighted by atomic mass is 10.1. The first-order valence-corrected chi connectivity index (χ1v) is 7.68. The van der Waals surface area contributed by atoms with Gasteiger partial charge >= 0.3 is 0 Å². The van der Waals surface area contributed by atoms with Crippen LogP contribution in [0.15, 0.2) is 24.3 Å². The molecule has 0 radical (unpaired) electrons. The molecule has 4 heteroatoms. The fourth-order valence-corrected chi connectivity index (χ4v) is 2.70. The zero-order chi connectivity index (χ0) is 15.1. The standard InChI is InChI=1S/C17H25NO3/c1-18(13-15-8-5-6-12-21-15)17(19)11-10-14-7-3-4-9-16(14)20-2/h3-4,7,9,15H,5-6,8,10-13H2,1-2H3. The highest BCUT2D eigenvalue weighted by Crippen LogP contribution is 2.19. The van der Waals surface area contributed by atoms with Gasteiger partial charge in [-0.05, 0) is 37.3 Å². The number of rotatable bonds is 6. The third-order valence-electron chi connectivity index (χ3n) is 3.98. The molecular weight excluding hydrogens is 266 g/mol. The summed E-state index contributed by atoms with van der Waals surface area (Å²) in [5.74, 6) is 1.01. The number of carbonyl (C=O) groups excluding carboxylic acids is 1. The molecule has 0 bridgehead atoms. The van der Waals surface area contributed by atoms with Gasteiger partial charge in [0.15, 0.2) is 0 Å². The fraction of sp³-hybridized carbons (Fsp3) is 0.588. The summed E-state index contributed by atoms with van der Waals surface area (Å²) in [6.07, 6.45) is 4.82. The van der Waals surface area contributed by atoms with Crippen LogP contribution < -0.4 is 4.74 Å². The number of carbonyl (C=O) groups is 1. The summed E-state index contributed by atoms with van der Waals surface area (Å²) >= 11 is 0. The van der Waals surface area contributed by atoms with Gasteiger partial charge < -0.3 is 14.4 Å². The van der Waals surface area contributed by atoms with E-state index in [0.29, 0.717) is 19.4 Å². The zero-order valence-electron chi connectivity index (χ0n) is 13.0. The third kappa shape index (κ3) is 4.74. The summed E-state index contributed by atoms with van der Waals surface area (Å²) in [7, 11) is 3.52. The topological polar surface area (TPSA) is 38.8 Å². The number of para-hydroxylation sites is 1. The SMILES string of the molecule is COc1ccccc1CCC(=O)N(C)CC1CCCCO1. The predicted octanol–water partition coefficient (Wildman–Crippen LogP) is 2.66. The molecule has 0 aromatic heterocycles. The Bertz CT molecular complexity index is 455. The molecule has 1 unspecified atom stereocenters. The van der Waals surface area contributed by atoms with E-state index in [0.717, 1.165) is 30.8 Å². The molecule has 0 N–H and O–H groups in total. The smallest absolute Gasteiger partial charge is 0.222 e. The molecule has 1 fully saturated rings. The lowest BCUT2D eigenvalue weighted by molar-refractivity contribution is -0.132. The van der Waals surface area contributed by atoms with Gasteiger partial charge in [0, 0.05) is 26.6 Å². The lowest BCUT2D eigenvalue weighted by Gasteiger charge is -2.27. The number of methoxy groups -OCH3 is 1. The van der Waals surface area contributed by atoms with Crippen molar-refractivity contribution in [2.45, 2.75) is 38.2 Å². The van der Waals surface area contributed by atoms with Crippen molar-refractivity contribution in [3.05, 3.63) is 29.8 Å². The third-order valence-corrected chi connectivity index (χ3v) is 3.98. The zero-order valence-corrected chi connectivity index (χ0v) is 13.0. The molecule has 1 aromatic rings. The van der Waals surface area contributed by atoms with Gasteiger partial charge in [-0.1, -0.05) is 18.2 Å². The van der Waals surface area contributed by atoms with Gasteiger partial charge in [0.1, 0.15) is 5.75 Å². The van der Waals surface area contributed by atoms with Crippen molar-refractivity contribution >= 4 is 5.91 Å². The van der Waals surface area contributed by atoms with Crippen LogP contribution in [0.5, 0.6) is 5.75 Å². The van der Waals surface area contributed by atoms with Crippen LogP contribution in [0.1, 0.15) is 31.2 Å². The number of hydrogen-bond acceptors (Lipinski definition) is 3. The molecule has 1 aliphatic rings. The van der Waals surface area contributed by atoms with E-state index in [4.69, 9.17) is 9.47 Å². The second kappa shape index (κ2) is 8.03. The van der Waals surface area contributed by atoms with Crippen molar-refractivity contribution < 1.29 is 14.3 Å². The molecule has 0 spiro atoms. The normalized spacial score (nSPS) is 18.3. The van der Waals surface area contributed by atoms with Crippen LogP contribution in [0.25, 0.3) is 0 Å². The first-order chi connectivity index (χ1) is 10.2. The van der Waals surface area contributed by atoms with Crippen molar-refractivity contribution in [1.82, 2.24) is 4.90 Å². The number of hydrogen-bond donors (Lipinski definition) is 0. The van der Waals surface area contributed by atoms with Gasteiger partial charge in [-0.2, -0.15) is 0 Å². The predicted molar refractivity (Wildman–Crippen MR) is 82.5 cm³/mol. The average molecular weight is 291 g/mol. The first-order valence-electron chi connectivity index (χ1n) is 7.68. The molecule has 1 heterocycles. The Hall–Kier alpha value is -1.55. The van der Waals surface area contributed by atoms with Crippen molar-refractivity contribution in [1.29, 1.82) is 0 Å². The summed E-state index contributed by atoms with van der Waals surface area (Å²) < 4.78 is 11.0. The van der Waals surface area contributed by atoms with E-state index in [9.17, 15) is 4.79 Å². The number of ether oxygens (including phenoxy) is 2. The van der Waals surface area contributed by atoms with Crippen molar-refractivity contribution in [2.75, 3.05) is 27.3 Å². The Labute approximate surface area is 127 Å². The number of aryl methyl sites for hydroxylation is 1. The average Bonchev–Trinajstić information content (AvgIpc) is 2.53. The van der Waals surface area contributed by atoms with Gasteiger partial charge in [-0.15, -0.1) is 0 Å². The minimum Gasteiger partial charge on any atom is -0.496 e. The van der Waals surface area contributed by atoms with Crippen molar-refractivity contribution in [2.24, 2.45) is 0 Å². The van der Waals surface area contributed by atoms with E-state index in [1.165, 1.54) is 6.42 Å². The van der Waals surface area contributed by atoms with E-state index in [-0.39, 0.29) is 12.0 Å². The van der Waals surface area contributed by atoms with E-state index in [2.05, 4.69) is 0 Å². The first kappa shape index (κ1) is 15.8. The number of likely N-dealkylation sites (N-methyl/N-ethyl adjacent to an activating group) is 1. The lowest BCUT2D eigenvalue weighted by Crippen LogP contribution is -2.37. The summed E-state index contributed by atoms with van der Waals surface area (Å²) in [6, 6.07) is 7.86. The summed E-state index contributed by atoms with van der Waals surface area (Å²) in [5, 5.41) is 0. The monoisotopic (exact) mass is 291 g/mol. The summed E-state index contributed by atoms with van der Waals surface area (Å²) in [6.45, 7) is 1.53. The maximum atomic E-state index is 12.2. The Morgan fingerprint density at radius 3 is 2.90 bits per heavy atom.